The molecule has 0 aliphatic rings. The summed E-state index contributed by atoms with van der Waals surface area (Å²) in [4.78, 5) is 16.2. The second-order valence-corrected chi connectivity index (χ2v) is 5.62. The van der Waals surface area contributed by atoms with Crippen molar-refractivity contribution in [3.63, 3.8) is 0 Å². The molecule has 1 heterocycles. The fourth-order valence-corrected chi connectivity index (χ4v) is 2.37. The average Bonchev–Trinajstić information content (AvgIpc) is 2.47. The Hall–Kier alpha value is -1.29. The summed E-state index contributed by atoms with van der Waals surface area (Å²) in [6.45, 7) is 0. The normalized spacial score (nSPS) is 10.5. The van der Waals surface area contributed by atoms with Crippen molar-refractivity contribution in [3.05, 3.63) is 56.7 Å². The van der Waals surface area contributed by atoms with Crippen LogP contribution >= 0.6 is 34.8 Å². The first kappa shape index (κ1) is 16.1. The molecule has 0 radical (unpaired) electrons. The first-order valence-electron chi connectivity index (χ1n) is 6.18. The minimum atomic E-state index is -0.0319. The van der Waals surface area contributed by atoms with Crippen molar-refractivity contribution in [2.45, 2.75) is 12.8 Å². The number of benzene rings is 1. The van der Waals surface area contributed by atoms with E-state index < -0.39 is 0 Å². The van der Waals surface area contributed by atoms with Crippen molar-refractivity contribution < 1.29 is 9.53 Å². The minimum Gasteiger partial charge on any atom is -0.481 e. The molecule has 110 valence electrons. The third kappa shape index (κ3) is 4.10. The summed E-state index contributed by atoms with van der Waals surface area (Å²) in [5.41, 5.74) is 1.32. The lowest BCUT2D eigenvalue weighted by Crippen LogP contribution is -2.03. The van der Waals surface area contributed by atoms with Crippen LogP contribution in [0, 0.1) is 0 Å². The van der Waals surface area contributed by atoms with Crippen LogP contribution in [0.15, 0.2) is 30.5 Å². The van der Waals surface area contributed by atoms with Gasteiger partial charge in [0, 0.05) is 23.7 Å². The zero-order valence-electron chi connectivity index (χ0n) is 11.2. The maximum Gasteiger partial charge on any atom is 0.216 e. The number of pyridine rings is 1. The zero-order valence-corrected chi connectivity index (χ0v) is 13.5. The highest BCUT2D eigenvalue weighted by atomic mass is 35.5. The zero-order chi connectivity index (χ0) is 15.4. The molecule has 0 saturated heterocycles. The van der Waals surface area contributed by atoms with Gasteiger partial charge in [-0.25, -0.2) is 4.98 Å². The summed E-state index contributed by atoms with van der Waals surface area (Å²) < 4.78 is 5.15. The number of rotatable bonds is 5. The molecule has 0 fully saturated rings. The predicted molar refractivity (Wildman–Crippen MR) is 84.9 cm³/mol. The van der Waals surface area contributed by atoms with E-state index in [1.54, 1.807) is 24.3 Å². The van der Waals surface area contributed by atoms with Crippen LogP contribution in [-0.2, 0) is 6.42 Å². The number of ether oxygens (including phenoxy) is 1. The second-order valence-electron chi connectivity index (χ2n) is 4.37. The standard InChI is InChI=1S/C15H12Cl3NO2/c1-21-15-10(6-11(16)8-19-15)3-5-14(20)9-2-4-12(17)13(18)7-9/h2,4,6-8H,3,5H2,1H3. The number of hydrogen-bond donors (Lipinski definition) is 0. The number of hydrogen-bond acceptors (Lipinski definition) is 3. The number of carbonyl (C=O) groups is 1. The highest BCUT2D eigenvalue weighted by molar-refractivity contribution is 6.42. The molecule has 0 saturated carbocycles. The third-order valence-electron chi connectivity index (χ3n) is 2.95. The van der Waals surface area contributed by atoms with Crippen LogP contribution in [0.3, 0.4) is 0 Å². The minimum absolute atomic E-state index is 0.0319. The Balaban J connectivity index is 2.10. The molecule has 2 aromatic rings. The summed E-state index contributed by atoms with van der Waals surface area (Å²) in [6.07, 6.45) is 2.29. The number of Topliss-reactive ketones (excluding diaryl/α,β-unsaturated/α-hetero) is 1. The Labute approximate surface area is 137 Å². The summed E-state index contributed by atoms with van der Waals surface area (Å²) in [7, 11) is 1.53. The van der Waals surface area contributed by atoms with Crippen molar-refractivity contribution >= 4 is 40.6 Å². The van der Waals surface area contributed by atoms with Gasteiger partial charge in [0.25, 0.3) is 0 Å². The van der Waals surface area contributed by atoms with Gasteiger partial charge in [0.05, 0.1) is 22.2 Å². The van der Waals surface area contributed by atoms with Gasteiger partial charge >= 0.3 is 0 Å². The SMILES string of the molecule is COc1ncc(Cl)cc1CCC(=O)c1ccc(Cl)c(Cl)c1. The van der Waals surface area contributed by atoms with Crippen molar-refractivity contribution in [2.24, 2.45) is 0 Å². The van der Waals surface area contributed by atoms with Crippen LogP contribution in [0.25, 0.3) is 0 Å². The maximum atomic E-state index is 12.2. The molecule has 0 N–H and O–H groups in total. The van der Waals surface area contributed by atoms with Crippen LogP contribution in [-0.4, -0.2) is 17.9 Å². The summed E-state index contributed by atoms with van der Waals surface area (Å²) in [6, 6.07) is 6.58. The number of methoxy groups -OCH3 is 1. The molecule has 3 nitrogen and oxygen atoms in total. The van der Waals surface area contributed by atoms with Crippen molar-refractivity contribution in [1.82, 2.24) is 4.98 Å². The quantitative estimate of drug-likeness (QED) is 0.727. The van der Waals surface area contributed by atoms with E-state index in [1.807, 2.05) is 0 Å². The molecule has 1 aromatic heterocycles. The molecule has 2 rings (SSSR count). The van der Waals surface area contributed by atoms with Crippen LogP contribution in [0.1, 0.15) is 22.3 Å². The fraction of sp³-hybridized carbons (Fsp3) is 0.200. The second kappa shape index (κ2) is 7.12. The fourth-order valence-electron chi connectivity index (χ4n) is 1.89. The Morgan fingerprint density at radius 3 is 2.62 bits per heavy atom. The molecule has 0 spiro atoms. The Morgan fingerprint density at radius 2 is 1.95 bits per heavy atom. The topological polar surface area (TPSA) is 39.2 Å². The molecule has 6 heteroatoms. The van der Waals surface area contributed by atoms with E-state index in [2.05, 4.69) is 4.98 Å². The van der Waals surface area contributed by atoms with Gasteiger partial charge in [0.2, 0.25) is 5.88 Å². The molecule has 0 aliphatic heterocycles. The third-order valence-corrected chi connectivity index (χ3v) is 3.89. The van der Waals surface area contributed by atoms with E-state index in [0.717, 1.165) is 5.56 Å². The monoisotopic (exact) mass is 343 g/mol. The predicted octanol–water partition coefficient (Wildman–Crippen LogP) is 4.87. The van der Waals surface area contributed by atoms with Crippen LogP contribution < -0.4 is 4.74 Å². The number of carbonyl (C=O) groups excluding carboxylic acids is 1. The lowest BCUT2D eigenvalue weighted by molar-refractivity contribution is 0.0982. The number of aromatic nitrogens is 1. The van der Waals surface area contributed by atoms with Gasteiger partial charge < -0.3 is 4.74 Å². The van der Waals surface area contributed by atoms with E-state index in [4.69, 9.17) is 39.5 Å². The first-order chi connectivity index (χ1) is 10.0. The maximum absolute atomic E-state index is 12.2. The van der Waals surface area contributed by atoms with Gasteiger partial charge in [-0.3, -0.25) is 4.79 Å². The highest BCUT2D eigenvalue weighted by Crippen LogP contribution is 2.25. The van der Waals surface area contributed by atoms with Crippen LogP contribution in [0.4, 0.5) is 0 Å². The first-order valence-corrected chi connectivity index (χ1v) is 7.31. The summed E-state index contributed by atoms with van der Waals surface area (Å²) >= 11 is 17.7. The van der Waals surface area contributed by atoms with Gasteiger partial charge in [-0.05, 0) is 30.7 Å². The molecule has 0 atom stereocenters. The van der Waals surface area contributed by atoms with E-state index >= 15 is 0 Å². The molecule has 0 bridgehead atoms. The van der Waals surface area contributed by atoms with Gasteiger partial charge in [0.1, 0.15) is 0 Å². The lowest BCUT2D eigenvalue weighted by atomic mass is 10.0. The van der Waals surface area contributed by atoms with E-state index in [0.29, 0.717) is 39.4 Å². The van der Waals surface area contributed by atoms with Crippen LogP contribution in [0.5, 0.6) is 5.88 Å². The van der Waals surface area contributed by atoms with Crippen molar-refractivity contribution in [1.29, 1.82) is 0 Å². The van der Waals surface area contributed by atoms with Gasteiger partial charge in [-0.1, -0.05) is 34.8 Å². The Bertz CT molecular complexity index is 674. The van der Waals surface area contributed by atoms with E-state index in [-0.39, 0.29) is 5.78 Å². The summed E-state index contributed by atoms with van der Waals surface area (Å²) in [5.74, 6) is 0.442. The van der Waals surface area contributed by atoms with Gasteiger partial charge in [0.15, 0.2) is 5.78 Å². The molecular weight excluding hydrogens is 333 g/mol. The molecule has 0 aliphatic carbocycles. The van der Waals surface area contributed by atoms with E-state index in [9.17, 15) is 4.79 Å². The smallest absolute Gasteiger partial charge is 0.216 e. The van der Waals surface area contributed by atoms with Gasteiger partial charge in [-0.2, -0.15) is 0 Å². The van der Waals surface area contributed by atoms with Crippen molar-refractivity contribution in [3.8, 4) is 5.88 Å². The van der Waals surface area contributed by atoms with Gasteiger partial charge in [-0.15, -0.1) is 0 Å². The average molecular weight is 345 g/mol. The van der Waals surface area contributed by atoms with E-state index in [1.165, 1.54) is 13.3 Å². The lowest BCUT2D eigenvalue weighted by Gasteiger charge is -2.07. The number of ketones is 1. The molecule has 0 amide bonds. The molecule has 1 aromatic carbocycles. The Morgan fingerprint density at radius 1 is 1.19 bits per heavy atom. The number of aryl methyl sites for hydroxylation is 1. The highest BCUT2D eigenvalue weighted by Gasteiger charge is 2.11. The Kier molecular flexibility index (Phi) is 5.45. The van der Waals surface area contributed by atoms with Crippen LogP contribution in [0.2, 0.25) is 15.1 Å². The molecule has 21 heavy (non-hydrogen) atoms. The number of nitrogens with zero attached hydrogens (tertiary/aromatic N) is 1. The summed E-state index contributed by atoms with van der Waals surface area (Å²) in [5, 5.41) is 1.30. The molecule has 0 unspecified atom stereocenters. The number of halogens is 3. The van der Waals surface area contributed by atoms with Crippen molar-refractivity contribution in [2.75, 3.05) is 7.11 Å². The molecular formula is C15H12Cl3NO2. The largest absolute Gasteiger partial charge is 0.481 e.